The van der Waals surface area contributed by atoms with E-state index in [0.29, 0.717) is 31.7 Å². The molecule has 0 unspecified atom stereocenters. The molecule has 1 aromatic heterocycles. The SMILES string of the molecule is O=C(c1ccc(F)cc1)N1CCN(c2cccnn2)CC1. The first-order valence-corrected chi connectivity index (χ1v) is 6.81. The summed E-state index contributed by atoms with van der Waals surface area (Å²) in [7, 11) is 0. The van der Waals surface area contributed by atoms with Gasteiger partial charge in [-0.3, -0.25) is 4.79 Å². The van der Waals surface area contributed by atoms with Crippen molar-refractivity contribution in [2.75, 3.05) is 31.1 Å². The molecule has 1 fully saturated rings. The number of benzene rings is 1. The van der Waals surface area contributed by atoms with Gasteiger partial charge in [-0.15, -0.1) is 5.10 Å². The molecule has 1 aliphatic heterocycles. The zero-order valence-electron chi connectivity index (χ0n) is 11.4. The lowest BCUT2D eigenvalue weighted by Gasteiger charge is -2.35. The minimum Gasteiger partial charge on any atom is -0.352 e. The minimum atomic E-state index is -0.334. The van der Waals surface area contributed by atoms with Crippen molar-refractivity contribution >= 4 is 11.7 Å². The van der Waals surface area contributed by atoms with Crippen LogP contribution >= 0.6 is 0 Å². The van der Waals surface area contributed by atoms with Gasteiger partial charge < -0.3 is 9.80 Å². The number of halogens is 1. The third-order valence-electron chi connectivity index (χ3n) is 3.54. The van der Waals surface area contributed by atoms with E-state index in [1.807, 2.05) is 12.1 Å². The zero-order chi connectivity index (χ0) is 14.7. The van der Waals surface area contributed by atoms with E-state index in [9.17, 15) is 9.18 Å². The third-order valence-corrected chi connectivity index (χ3v) is 3.54. The van der Waals surface area contributed by atoms with Gasteiger partial charge in [-0.05, 0) is 36.4 Å². The predicted molar refractivity (Wildman–Crippen MR) is 76.5 cm³/mol. The Morgan fingerprint density at radius 1 is 1.05 bits per heavy atom. The van der Waals surface area contributed by atoms with E-state index in [1.165, 1.54) is 24.3 Å². The fourth-order valence-electron chi connectivity index (χ4n) is 2.38. The standard InChI is InChI=1S/C15H15FN4O/c16-13-5-3-12(4-6-13)15(21)20-10-8-19(9-11-20)14-2-1-7-17-18-14/h1-7H,8-11H2. The molecule has 2 aromatic rings. The highest BCUT2D eigenvalue weighted by Crippen LogP contribution is 2.14. The Morgan fingerprint density at radius 2 is 1.76 bits per heavy atom. The lowest BCUT2D eigenvalue weighted by Crippen LogP contribution is -2.49. The summed E-state index contributed by atoms with van der Waals surface area (Å²) in [5.41, 5.74) is 0.518. The van der Waals surface area contributed by atoms with Crippen molar-refractivity contribution in [2.45, 2.75) is 0 Å². The van der Waals surface area contributed by atoms with Crippen molar-refractivity contribution in [3.63, 3.8) is 0 Å². The summed E-state index contributed by atoms with van der Waals surface area (Å²) in [5, 5.41) is 7.93. The first-order chi connectivity index (χ1) is 10.2. The molecule has 0 saturated carbocycles. The van der Waals surface area contributed by atoms with Crippen molar-refractivity contribution in [2.24, 2.45) is 0 Å². The monoisotopic (exact) mass is 286 g/mol. The smallest absolute Gasteiger partial charge is 0.253 e. The molecule has 2 heterocycles. The van der Waals surface area contributed by atoms with E-state index in [2.05, 4.69) is 15.1 Å². The molecule has 0 radical (unpaired) electrons. The maximum Gasteiger partial charge on any atom is 0.253 e. The molecule has 108 valence electrons. The number of piperazine rings is 1. The van der Waals surface area contributed by atoms with Gasteiger partial charge in [-0.25, -0.2) is 4.39 Å². The number of nitrogens with zero attached hydrogens (tertiary/aromatic N) is 4. The highest BCUT2D eigenvalue weighted by Gasteiger charge is 2.22. The number of hydrogen-bond donors (Lipinski definition) is 0. The first kappa shape index (κ1) is 13.5. The lowest BCUT2D eigenvalue weighted by atomic mass is 10.2. The summed E-state index contributed by atoms with van der Waals surface area (Å²) in [6, 6.07) is 9.41. The topological polar surface area (TPSA) is 49.3 Å². The van der Waals surface area contributed by atoms with Crippen LogP contribution in [0.1, 0.15) is 10.4 Å². The van der Waals surface area contributed by atoms with Crippen molar-refractivity contribution < 1.29 is 9.18 Å². The Bertz CT molecular complexity index is 609. The summed E-state index contributed by atoms with van der Waals surface area (Å²) in [6.07, 6.45) is 1.64. The maximum absolute atomic E-state index is 12.9. The van der Waals surface area contributed by atoms with Crippen LogP contribution in [0.25, 0.3) is 0 Å². The molecule has 1 saturated heterocycles. The Labute approximate surface area is 122 Å². The quantitative estimate of drug-likeness (QED) is 0.841. The molecule has 6 heteroatoms. The van der Waals surface area contributed by atoms with Crippen LogP contribution < -0.4 is 4.90 Å². The molecule has 0 spiro atoms. The number of aromatic nitrogens is 2. The van der Waals surface area contributed by atoms with Crippen molar-refractivity contribution in [1.29, 1.82) is 0 Å². The highest BCUT2D eigenvalue weighted by molar-refractivity contribution is 5.94. The number of rotatable bonds is 2. The number of hydrogen-bond acceptors (Lipinski definition) is 4. The molecule has 1 amide bonds. The molecule has 1 aliphatic rings. The van der Waals surface area contributed by atoms with Gasteiger partial charge in [0.2, 0.25) is 0 Å². The fourth-order valence-corrected chi connectivity index (χ4v) is 2.38. The van der Waals surface area contributed by atoms with E-state index in [-0.39, 0.29) is 11.7 Å². The predicted octanol–water partition coefficient (Wildman–Crippen LogP) is 1.58. The Balaban J connectivity index is 1.63. The summed E-state index contributed by atoms with van der Waals surface area (Å²) in [5.74, 6) is 0.430. The van der Waals surface area contributed by atoms with Crippen LogP contribution in [-0.2, 0) is 0 Å². The van der Waals surface area contributed by atoms with Crippen LogP contribution in [0, 0.1) is 5.82 Å². The molecule has 0 N–H and O–H groups in total. The molecule has 1 aromatic carbocycles. The van der Waals surface area contributed by atoms with Gasteiger partial charge in [-0.2, -0.15) is 5.10 Å². The summed E-state index contributed by atoms with van der Waals surface area (Å²) in [4.78, 5) is 16.2. The second kappa shape index (κ2) is 5.87. The van der Waals surface area contributed by atoms with Gasteiger partial charge in [0.1, 0.15) is 5.82 Å². The number of amides is 1. The normalized spacial score (nSPS) is 15.1. The van der Waals surface area contributed by atoms with Gasteiger partial charge in [0, 0.05) is 37.9 Å². The Morgan fingerprint density at radius 3 is 2.38 bits per heavy atom. The zero-order valence-corrected chi connectivity index (χ0v) is 11.4. The van der Waals surface area contributed by atoms with Gasteiger partial charge in [0.15, 0.2) is 5.82 Å². The number of anilines is 1. The van der Waals surface area contributed by atoms with Crippen LogP contribution in [0.4, 0.5) is 10.2 Å². The average molecular weight is 286 g/mol. The molecule has 0 bridgehead atoms. The Hall–Kier alpha value is -2.50. The average Bonchev–Trinajstić information content (AvgIpc) is 2.56. The van der Waals surface area contributed by atoms with Gasteiger partial charge >= 0.3 is 0 Å². The minimum absolute atomic E-state index is 0.0613. The van der Waals surface area contributed by atoms with Crippen molar-refractivity contribution in [3.05, 3.63) is 54.0 Å². The largest absolute Gasteiger partial charge is 0.352 e. The maximum atomic E-state index is 12.9. The number of carbonyl (C=O) groups excluding carboxylic acids is 1. The van der Waals surface area contributed by atoms with Gasteiger partial charge in [0.25, 0.3) is 5.91 Å². The van der Waals surface area contributed by atoms with Crippen molar-refractivity contribution in [3.8, 4) is 0 Å². The summed E-state index contributed by atoms with van der Waals surface area (Å²) in [6.45, 7) is 2.66. The van der Waals surface area contributed by atoms with E-state index < -0.39 is 0 Å². The second-order valence-corrected chi connectivity index (χ2v) is 4.87. The van der Waals surface area contributed by atoms with Crippen LogP contribution in [-0.4, -0.2) is 47.2 Å². The molecular weight excluding hydrogens is 271 g/mol. The lowest BCUT2D eigenvalue weighted by molar-refractivity contribution is 0.0746. The molecule has 0 aliphatic carbocycles. The molecular formula is C15H15FN4O. The second-order valence-electron chi connectivity index (χ2n) is 4.87. The third kappa shape index (κ3) is 2.99. The van der Waals surface area contributed by atoms with E-state index >= 15 is 0 Å². The van der Waals surface area contributed by atoms with E-state index in [0.717, 1.165) is 5.82 Å². The number of carbonyl (C=O) groups is 1. The molecule has 5 nitrogen and oxygen atoms in total. The van der Waals surface area contributed by atoms with Crippen LogP contribution in [0.5, 0.6) is 0 Å². The van der Waals surface area contributed by atoms with E-state index in [4.69, 9.17) is 0 Å². The molecule has 0 atom stereocenters. The fraction of sp³-hybridized carbons (Fsp3) is 0.267. The highest BCUT2D eigenvalue weighted by atomic mass is 19.1. The van der Waals surface area contributed by atoms with Gasteiger partial charge in [0.05, 0.1) is 0 Å². The molecule has 21 heavy (non-hydrogen) atoms. The van der Waals surface area contributed by atoms with Crippen LogP contribution in [0.2, 0.25) is 0 Å². The molecule has 3 rings (SSSR count). The van der Waals surface area contributed by atoms with Gasteiger partial charge in [-0.1, -0.05) is 0 Å². The van der Waals surface area contributed by atoms with Crippen LogP contribution in [0.15, 0.2) is 42.6 Å². The summed E-state index contributed by atoms with van der Waals surface area (Å²) >= 11 is 0. The Kier molecular flexibility index (Phi) is 3.77. The van der Waals surface area contributed by atoms with Crippen molar-refractivity contribution in [1.82, 2.24) is 15.1 Å². The van der Waals surface area contributed by atoms with Crippen LogP contribution in [0.3, 0.4) is 0 Å². The first-order valence-electron chi connectivity index (χ1n) is 6.81. The van der Waals surface area contributed by atoms with E-state index in [1.54, 1.807) is 11.1 Å². The summed E-state index contributed by atoms with van der Waals surface area (Å²) < 4.78 is 12.9.